The van der Waals surface area contributed by atoms with Crippen LogP contribution in [0.1, 0.15) is 11.1 Å². The third-order valence-electron chi connectivity index (χ3n) is 3.90. The number of nitrogens with zero attached hydrogens (tertiary/aromatic N) is 1. The van der Waals surface area contributed by atoms with Gasteiger partial charge < -0.3 is 4.40 Å². The van der Waals surface area contributed by atoms with E-state index < -0.39 is 0 Å². The standard InChI is InChI=1S/C17H13NO/c1-10-6-7-15-14(8-10)12-4-3-5-13-16(12)18(15)9-11(2)17(13)19/h3-9H,1-2H3. The third kappa shape index (κ3) is 1.23. The van der Waals surface area contributed by atoms with Gasteiger partial charge in [0.1, 0.15) is 0 Å². The van der Waals surface area contributed by atoms with E-state index >= 15 is 0 Å². The van der Waals surface area contributed by atoms with Gasteiger partial charge in [-0.3, -0.25) is 4.79 Å². The molecule has 0 fully saturated rings. The van der Waals surface area contributed by atoms with Crippen molar-refractivity contribution >= 4 is 27.2 Å². The first-order valence-corrected chi connectivity index (χ1v) is 6.43. The maximum Gasteiger partial charge on any atom is 0.192 e. The lowest BCUT2D eigenvalue weighted by Crippen LogP contribution is -2.07. The Hall–Kier alpha value is -2.35. The molecule has 4 aromatic rings. The summed E-state index contributed by atoms with van der Waals surface area (Å²) in [4.78, 5) is 12.3. The predicted molar refractivity (Wildman–Crippen MR) is 79.3 cm³/mol. The van der Waals surface area contributed by atoms with E-state index in [1.807, 2.05) is 25.3 Å². The Morgan fingerprint density at radius 3 is 2.58 bits per heavy atom. The zero-order chi connectivity index (χ0) is 13.1. The number of pyridine rings is 1. The van der Waals surface area contributed by atoms with Crippen LogP contribution in [0.2, 0.25) is 0 Å². The van der Waals surface area contributed by atoms with E-state index in [9.17, 15) is 4.79 Å². The van der Waals surface area contributed by atoms with Crippen molar-refractivity contribution in [3.8, 4) is 0 Å². The minimum absolute atomic E-state index is 0.137. The molecule has 0 N–H and O–H groups in total. The van der Waals surface area contributed by atoms with Gasteiger partial charge in [-0.15, -0.1) is 0 Å². The molecule has 0 aliphatic heterocycles. The average molecular weight is 247 g/mol. The zero-order valence-electron chi connectivity index (χ0n) is 10.9. The molecule has 0 amide bonds. The molecule has 0 saturated heterocycles. The Labute approximate surface area is 110 Å². The molecule has 92 valence electrons. The van der Waals surface area contributed by atoms with E-state index in [0.29, 0.717) is 0 Å². The van der Waals surface area contributed by atoms with Crippen molar-refractivity contribution in [2.75, 3.05) is 0 Å². The summed E-state index contributed by atoms with van der Waals surface area (Å²) < 4.78 is 2.15. The highest BCUT2D eigenvalue weighted by Crippen LogP contribution is 2.31. The van der Waals surface area contributed by atoms with Gasteiger partial charge in [-0.25, -0.2) is 0 Å². The molecule has 2 aromatic heterocycles. The molecule has 0 bridgehead atoms. The molecule has 0 aliphatic rings. The van der Waals surface area contributed by atoms with Gasteiger partial charge in [0, 0.05) is 27.9 Å². The third-order valence-corrected chi connectivity index (χ3v) is 3.90. The Bertz CT molecular complexity index is 995. The lowest BCUT2D eigenvalue weighted by Gasteiger charge is -2.02. The number of hydrogen-bond acceptors (Lipinski definition) is 1. The second kappa shape index (κ2) is 3.35. The Balaban J connectivity index is 2.47. The number of fused-ring (bicyclic) bond motifs is 3. The predicted octanol–water partition coefficient (Wildman–Crippen LogP) is 3.66. The van der Waals surface area contributed by atoms with Crippen LogP contribution >= 0.6 is 0 Å². The van der Waals surface area contributed by atoms with Crippen molar-refractivity contribution < 1.29 is 0 Å². The van der Waals surface area contributed by atoms with Crippen LogP contribution in [0.25, 0.3) is 27.2 Å². The van der Waals surface area contributed by atoms with E-state index in [1.165, 1.54) is 16.5 Å². The zero-order valence-corrected chi connectivity index (χ0v) is 10.9. The van der Waals surface area contributed by atoms with Crippen molar-refractivity contribution in [3.63, 3.8) is 0 Å². The molecule has 2 heterocycles. The molecule has 0 aliphatic carbocycles. The van der Waals surface area contributed by atoms with Gasteiger partial charge in [0.2, 0.25) is 0 Å². The molecule has 0 atom stereocenters. The smallest absolute Gasteiger partial charge is 0.192 e. The summed E-state index contributed by atoms with van der Waals surface area (Å²) in [6.07, 6.45) is 1.95. The minimum Gasteiger partial charge on any atom is -0.315 e. The highest BCUT2D eigenvalue weighted by atomic mass is 16.1. The van der Waals surface area contributed by atoms with Crippen molar-refractivity contribution in [1.82, 2.24) is 4.40 Å². The number of benzene rings is 2. The van der Waals surface area contributed by atoms with E-state index in [4.69, 9.17) is 0 Å². The topological polar surface area (TPSA) is 21.5 Å². The maximum absolute atomic E-state index is 12.3. The van der Waals surface area contributed by atoms with Crippen molar-refractivity contribution in [1.29, 1.82) is 0 Å². The van der Waals surface area contributed by atoms with Crippen molar-refractivity contribution in [3.05, 3.63) is 63.9 Å². The summed E-state index contributed by atoms with van der Waals surface area (Å²) in [5, 5.41) is 3.19. The molecule has 2 heteroatoms. The molecule has 2 aromatic carbocycles. The van der Waals surface area contributed by atoms with Crippen LogP contribution < -0.4 is 5.43 Å². The van der Waals surface area contributed by atoms with Crippen LogP contribution in [-0.2, 0) is 0 Å². The average Bonchev–Trinajstić information content (AvgIpc) is 2.71. The summed E-state index contributed by atoms with van der Waals surface area (Å²) in [5.74, 6) is 0. The summed E-state index contributed by atoms with van der Waals surface area (Å²) >= 11 is 0. The van der Waals surface area contributed by atoms with E-state index in [-0.39, 0.29) is 5.43 Å². The van der Waals surface area contributed by atoms with Gasteiger partial charge >= 0.3 is 0 Å². The Kier molecular flexibility index (Phi) is 1.86. The van der Waals surface area contributed by atoms with Gasteiger partial charge in [0.15, 0.2) is 5.43 Å². The highest BCUT2D eigenvalue weighted by molar-refractivity contribution is 6.13. The second-order valence-corrected chi connectivity index (χ2v) is 5.23. The van der Waals surface area contributed by atoms with Crippen LogP contribution in [0, 0.1) is 13.8 Å². The number of para-hydroxylation sites is 1. The van der Waals surface area contributed by atoms with Gasteiger partial charge in [-0.2, -0.15) is 0 Å². The van der Waals surface area contributed by atoms with Crippen molar-refractivity contribution in [2.45, 2.75) is 13.8 Å². The summed E-state index contributed by atoms with van der Waals surface area (Å²) in [6.45, 7) is 3.97. The SMILES string of the molecule is Cc1ccc2c(c1)c1cccc3c(=O)c(C)cn2c31. The second-order valence-electron chi connectivity index (χ2n) is 5.23. The van der Waals surface area contributed by atoms with Crippen molar-refractivity contribution in [2.24, 2.45) is 0 Å². The fourth-order valence-corrected chi connectivity index (χ4v) is 3.00. The van der Waals surface area contributed by atoms with Crippen LogP contribution in [0.4, 0.5) is 0 Å². The first-order valence-electron chi connectivity index (χ1n) is 6.43. The molecular weight excluding hydrogens is 234 g/mol. The lowest BCUT2D eigenvalue weighted by atomic mass is 10.1. The van der Waals surface area contributed by atoms with Crippen LogP contribution in [0.5, 0.6) is 0 Å². The molecule has 0 saturated carbocycles. The van der Waals surface area contributed by atoms with E-state index in [2.05, 4.69) is 35.6 Å². The van der Waals surface area contributed by atoms with Gasteiger partial charge in [-0.05, 0) is 32.0 Å². The van der Waals surface area contributed by atoms with Crippen LogP contribution in [-0.4, -0.2) is 4.40 Å². The van der Waals surface area contributed by atoms with Crippen LogP contribution in [0.15, 0.2) is 47.4 Å². The molecule has 4 rings (SSSR count). The number of rotatable bonds is 0. The minimum atomic E-state index is 0.137. The molecule has 19 heavy (non-hydrogen) atoms. The highest BCUT2D eigenvalue weighted by Gasteiger charge is 2.13. The first-order chi connectivity index (χ1) is 9.16. The number of aromatic nitrogens is 1. The van der Waals surface area contributed by atoms with Gasteiger partial charge in [-0.1, -0.05) is 23.8 Å². The van der Waals surface area contributed by atoms with Crippen LogP contribution in [0.3, 0.4) is 0 Å². The summed E-state index contributed by atoms with van der Waals surface area (Å²) in [6, 6.07) is 12.4. The molecular formula is C17H13NO. The molecule has 0 unspecified atom stereocenters. The largest absolute Gasteiger partial charge is 0.315 e. The summed E-state index contributed by atoms with van der Waals surface area (Å²) in [5.41, 5.74) is 4.37. The maximum atomic E-state index is 12.3. The quantitative estimate of drug-likeness (QED) is 0.464. The normalized spacial score (nSPS) is 11.9. The molecule has 0 spiro atoms. The monoisotopic (exact) mass is 247 g/mol. The Morgan fingerprint density at radius 2 is 1.74 bits per heavy atom. The number of aryl methyl sites for hydroxylation is 2. The Morgan fingerprint density at radius 1 is 0.947 bits per heavy atom. The summed E-state index contributed by atoms with van der Waals surface area (Å²) in [7, 11) is 0. The lowest BCUT2D eigenvalue weighted by molar-refractivity contribution is 1.21. The number of hydrogen-bond donors (Lipinski definition) is 0. The van der Waals surface area contributed by atoms with E-state index in [1.54, 1.807) is 0 Å². The fraction of sp³-hybridized carbons (Fsp3) is 0.118. The molecule has 2 nitrogen and oxygen atoms in total. The van der Waals surface area contributed by atoms with Gasteiger partial charge in [0.05, 0.1) is 11.0 Å². The van der Waals surface area contributed by atoms with E-state index in [0.717, 1.165) is 21.9 Å². The molecule has 0 radical (unpaired) electrons. The fourth-order valence-electron chi connectivity index (χ4n) is 3.00. The van der Waals surface area contributed by atoms with Gasteiger partial charge in [0.25, 0.3) is 0 Å². The first kappa shape index (κ1) is 10.6.